The Bertz CT molecular complexity index is 1010. The first kappa shape index (κ1) is 24.1. The van der Waals surface area contributed by atoms with Gasteiger partial charge in [0.25, 0.3) is 16.6 Å². The van der Waals surface area contributed by atoms with E-state index in [2.05, 4.69) is 92.0 Å². The molecule has 0 aliphatic heterocycles. The normalized spacial score (nSPS) is 15.7. The van der Waals surface area contributed by atoms with Crippen LogP contribution in [-0.4, -0.2) is 22.4 Å². The summed E-state index contributed by atoms with van der Waals surface area (Å²) in [5.41, 5.74) is 2.42. The lowest BCUT2D eigenvalue weighted by atomic mass is 9.86. The number of rotatable bonds is 4. The number of hydrogen-bond donors (Lipinski definition) is 0. The number of carbonyl (C=O) groups excluding carboxylic acids is 1. The van der Waals surface area contributed by atoms with Crippen LogP contribution in [0.3, 0.4) is 0 Å². The second-order valence-corrected chi connectivity index (χ2v) is 21.6. The van der Waals surface area contributed by atoms with Gasteiger partial charge in [0.15, 0.2) is 0 Å². The lowest BCUT2D eigenvalue weighted by Gasteiger charge is -2.38. The Morgan fingerprint density at radius 1 is 0.742 bits per heavy atom. The molecule has 170 valence electrons. The Balaban J connectivity index is 2.23. The molecule has 3 nitrogen and oxygen atoms in total. The van der Waals surface area contributed by atoms with Crippen molar-refractivity contribution in [2.24, 2.45) is 0 Å². The molecule has 3 rings (SSSR count). The molecule has 0 spiro atoms. The third-order valence-electron chi connectivity index (χ3n) is 7.70. The van der Waals surface area contributed by atoms with E-state index < -0.39 is 16.6 Å². The maximum absolute atomic E-state index is 12.4. The number of fused-ring (bicyclic) bond motifs is 3. The molecule has 2 aromatic rings. The molecule has 0 atom stereocenters. The van der Waals surface area contributed by atoms with Gasteiger partial charge in [0.05, 0.1) is 0 Å². The molecule has 0 fully saturated rings. The molecular formula is C26H40O3Si2. The average molecular weight is 457 g/mol. The summed E-state index contributed by atoms with van der Waals surface area (Å²) < 4.78 is 13.6. The van der Waals surface area contributed by atoms with Crippen LogP contribution in [0.25, 0.3) is 10.8 Å². The van der Waals surface area contributed by atoms with Crippen LogP contribution in [0, 0.1) is 0 Å². The van der Waals surface area contributed by atoms with Gasteiger partial charge in [0.1, 0.15) is 17.3 Å². The first-order valence-corrected chi connectivity index (χ1v) is 17.3. The fourth-order valence-corrected chi connectivity index (χ4v) is 5.59. The Morgan fingerprint density at radius 2 is 1.26 bits per heavy atom. The molecule has 5 heteroatoms. The zero-order valence-electron chi connectivity index (χ0n) is 21.2. The van der Waals surface area contributed by atoms with Gasteiger partial charge in [-0.2, -0.15) is 0 Å². The van der Waals surface area contributed by atoms with Gasteiger partial charge in [0, 0.05) is 23.6 Å². The Kier molecular flexibility index (Phi) is 6.03. The molecule has 0 unspecified atom stereocenters. The topological polar surface area (TPSA) is 35.5 Å². The quantitative estimate of drug-likeness (QED) is 0.443. The highest BCUT2D eigenvalue weighted by atomic mass is 28.4. The molecule has 0 saturated carbocycles. The fraction of sp³-hybridized carbons (Fsp3) is 0.577. The number of carbonyl (C=O) groups is 1. The number of ketones is 1. The lowest BCUT2D eigenvalue weighted by Crippen LogP contribution is -2.44. The molecule has 0 heterocycles. The second kappa shape index (κ2) is 7.77. The van der Waals surface area contributed by atoms with Crippen LogP contribution in [0.15, 0.2) is 24.3 Å². The first-order chi connectivity index (χ1) is 14.0. The second-order valence-electron chi connectivity index (χ2n) is 12.1. The monoisotopic (exact) mass is 456 g/mol. The van der Waals surface area contributed by atoms with E-state index >= 15 is 0 Å². The SMILES string of the molecule is CC(C)(C)[Si](C)(C)Oc1ccc(O[Si](C)(C)C(C)(C)C)c2c3c(ccc12)CCC(=O)C3. The van der Waals surface area contributed by atoms with Crippen molar-refractivity contribution in [2.45, 2.75) is 97.1 Å². The predicted molar refractivity (Wildman–Crippen MR) is 137 cm³/mol. The van der Waals surface area contributed by atoms with Gasteiger partial charge in [0.2, 0.25) is 0 Å². The first-order valence-electron chi connectivity index (χ1n) is 11.5. The molecule has 1 aliphatic rings. The average Bonchev–Trinajstić information content (AvgIpc) is 2.60. The summed E-state index contributed by atoms with van der Waals surface area (Å²) in [7, 11) is -4.04. The largest absolute Gasteiger partial charge is 0.543 e. The molecule has 0 bridgehead atoms. The van der Waals surface area contributed by atoms with Crippen molar-refractivity contribution in [1.29, 1.82) is 0 Å². The maximum atomic E-state index is 12.4. The number of Topliss-reactive ketones (excluding diaryl/α,β-unsaturated/α-hetero) is 1. The zero-order chi connectivity index (χ0) is 23.4. The van der Waals surface area contributed by atoms with Crippen molar-refractivity contribution in [2.75, 3.05) is 0 Å². The van der Waals surface area contributed by atoms with Crippen molar-refractivity contribution < 1.29 is 13.6 Å². The maximum Gasteiger partial charge on any atom is 0.250 e. The van der Waals surface area contributed by atoms with Crippen LogP contribution in [0.1, 0.15) is 59.1 Å². The predicted octanol–water partition coefficient (Wildman–Crippen LogP) is 7.67. The molecule has 0 amide bonds. The van der Waals surface area contributed by atoms with E-state index in [1.165, 1.54) is 5.56 Å². The van der Waals surface area contributed by atoms with Gasteiger partial charge in [-0.15, -0.1) is 0 Å². The Morgan fingerprint density at radius 3 is 1.81 bits per heavy atom. The van der Waals surface area contributed by atoms with Gasteiger partial charge in [-0.1, -0.05) is 53.7 Å². The van der Waals surface area contributed by atoms with E-state index in [1.807, 2.05) is 0 Å². The van der Waals surface area contributed by atoms with E-state index in [9.17, 15) is 4.79 Å². The van der Waals surface area contributed by atoms with Crippen LogP contribution in [0.5, 0.6) is 11.5 Å². The summed E-state index contributed by atoms with van der Waals surface area (Å²) in [6.07, 6.45) is 1.94. The summed E-state index contributed by atoms with van der Waals surface area (Å²) in [5.74, 6) is 2.15. The van der Waals surface area contributed by atoms with Crippen molar-refractivity contribution in [1.82, 2.24) is 0 Å². The van der Waals surface area contributed by atoms with Gasteiger partial charge < -0.3 is 8.85 Å². The molecule has 0 radical (unpaired) electrons. The standard InChI is InChI=1S/C26H40O3Si2/c1-25(2,3)30(7,8)28-22-15-16-23(29-31(9,10)26(4,5)6)24-20(22)14-12-18-11-13-19(27)17-21(18)24/h12,14-16H,11,13,17H2,1-10H3. The number of benzene rings is 2. The third kappa shape index (κ3) is 4.63. The van der Waals surface area contributed by atoms with Gasteiger partial charge in [-0.05, 0) is 65.9 Å². The van der Waals surface area contributed by atoms with Crippen molar-refractivity contribution in [3.63, 3.8) is 0 Å². The van der Waals surface area contributed by atoms with Crippen molar-refractivity contribution in [3.05, 3.63) is 35.4 Å². The summed E-state index contributed by atoms with van der Waals surface area (Å²) in [6.45, 7) is 22.7. The minimum Gasteiger partial charge on any atom is -0.543 e. The van der Waals surface area contributed by atoms with Gasteiger partial charge in [-0.25, -0.2) is 0 Å². The van der Waals surface area contributed by atoms with E-state index in [1.54, 1.807) is 0 Å². The molecule has 1 aliphatic carbocycles. The summed E-state index contributed by atoms with van der Waals surface area (Å²) in [6, 6.07) is 8.55. The molecule has 0 saturated heterocycles. The number of aryl methyl sites for hydroxylation is 1. The van der Waals surface area contributed by atoms with Gasteiger partial charge >= 0.3 is 0 Å². The molecule has 0 aromatic heterocycles. The third-order valence-corrected chi connectivity index (χ3v) is 16.4. The highest BCUT2D eigenvalue weighted by Crippen LogP contribution is 2.45. The highest BCUT2D eigenvalue weighted by molar-refractivity contribution is 6.75. The lowest BCUT2D eigenvalue weighted by molar-refractivity contribution is -0.118. The van der Waals surface area contributed by atoms with Crippen LogP contribution >= 0.6 is 0 Å². The Hall–Kier alpha value is -1.60. The van der Waals surface area contributed by atoms with E-state index in [-0.39, 0.29) is 10.1 Å². The van der Waals surface area contributed by atoms with E-state index in [0.717, 1.165) is 34.3 Å². The summed E-state index contributed by atoms with van der Waals surface area (Å²) in [4.78, 5) is 12.4. The van der Waals surface area contributed by atoms with Crippen LogP contribution in [-0.2, 0) is 17.6 Å². The number of hydrogen-bond acceptors (Lipinski definition) is 3. The zero-order valence-corrected chi connectivity index (χ0v) is 23.2. The molecule has 31 heavy (non-hydrogen) atoms. The van der Waals surface area contributed by atoms with Crippen LogP contribution in [0.4, 0.5) is 0 Å². The smallest absolute Gasteiger partial charge is 0.250 e. The summed E-state index contributed by atoms with van der Waals surface area (Å²) in [5, 5.41) is 2.38. The van der Waals surface area contributed by atoms with Crippen LogP contribution < -0.4 is 8.85 Å². The minimum absolute atomic E-state index is 0.0975. The molecule has 0 N–H and O–H groups in total. The van der Waals surface area contributed by atoms with E-state index in [0.29, 0.717) is 18.6 Å². The Labute approximate surface area is 190 Å². The van der Waals surface area contributed by atoms with E-state index in [4.69, 9.17) is 8.85 Å². The molecule has 2 aromatic carbocycles. The summed E-state index contributed by atoms with van der Waals surface area (Å²) >= 11 is 0. The van der Waals surface area contributed by atoms with Gasteiger partial charge in [-0.3, -0.25) is 4.79 Å². The van der Waals surface area contributed by atoms with Crippen molar-refractivity contribution in [3.8, 4) is 11.5 Å². The highest BCUT2D eigenvalue weighted by Gasteiger charge is 2.41. The van der Waals surface area contributed by atoms with Crippen LogP contribution in [0.2, 0.25) is 36.3 Å². The minimum atomic E-state index is -2.04. The fourth-order valence-electron chi connectivity index (χ4n) is 3.53. The van der Waals surface area contributed by atoms with Crippen molar-refractivity contribution >= 4 is 33.2 Å². The molecular weight excluding hydrogens is 416 g/mol.